The van der Waals surface area contributed by atoms with Crippen LogP contribution in [-0.4, -0.2) is 31.4 Å². The van der Waals surface area contributed by atoms with Gasteiger partial charge in [0.2, 0.25) is 5.91 Å². The van der Waals surface area contributed by atoms with Crippen molar-refractivity contribution in [2.75, 3.05) is 9.62 Å². The van der Waals surface area contributed by atoms with Gasteiger partial charge in [0, 0.05) is 16.2 Å². The molecule has 1 amide bonds. The molecule has 0 saturated carbocycles. The monoisotopic (exact) mass is 488 g/mol. The summed E-state index contributed by atoms with van der Waals surface area (Å²) in [4.78, 5) is 22.5. The third kappa shape index (κ3) is 4.33. The summed E-state index contributed by atoms with van der Waals surface area (Å²) in [5.41, 5.74) is 0.734. The highest BCUT2D eigenvalue weighted by Gasteiger charge is 2.34. The lowest BCUT2D eigenvalue weighted by atomic mass is 10.2. The van der Waals surface area contributed by atoms with Gasteiger partial charge in [-0.05, 0) is 65.9 Å². The number of carboxylic acids is 1. The van der Waals surface area contributed by atoms with Crippen LogP contribution >= 0.6 is 22.6 Å². The summed E-state index contributed by atoms with van der Waals surface area (Å²) in [5.74, 6) is -1.54. The van der Waals surface area contributed by atoms with Gasteiger partial charge in [-0.1, -0.05) is 12.1 Å². The van der Waals surface area contributed by atoms with Gasteiger partial charge in [-0.15, -0.1) is 0 Å². The molecule has 0 bridgehead atoms. The van der Waals surface area contributed by atoms with Gasteiger partial charge < -0.3 is 10.4 Å². The van der Waals surface area contributed by atoms with E-state index >= 15 is 0 Å². The van der Waals surface area contributed by atoms with Gasteiger partial charge >= 0.3 is 5.97 Å². The van der Waals surface area contributed by atoms with E-state index in [1.165, 1.54) is 38.1 Å². The summed E-state index contributed by atoms with van der Waals surface area (Å²) in [7, 11) is -4.13. The van der Waals surface area contributed by atoms with E-state index in [9.17, 15) is 23.1 Å². The van der Waals surface area contributed by atoms with Gasteiger partial charge in [0.05, 0.1) is 10.6 Å². The molecule has 138 valence electrons. The number of carboxylic acid groups (broad SMARTS) is 1. The Morgan fingerprint density at radius 2 is 1.69 bits per heavy atom. The Morgan fingerprint density at radius 3 is 2.19 bits per heavy atom. The molecule has 2 rings (SSSR count). The molecule has 26 heavy (non-hydrogen) atoms. The molecule has 0 aliphatic rings. The fraction of sp³-hybridized carbons (Fsp3) is 0.176. The average Bonchev–Trinajstić information content (AvgIpc) is 2.56. The van der Waals surface area contributed by atoms with E-state index in [2.05, 4.69) is 5.32 Å². The van der Waals surface area contributed by atoms with Gasteiger partial charge in [-0.25, -0.2) is 13.2 Å². The fourth-order valence-corrected chi connectivity index (χ4v) is 4.75. The molecule has 0 aromatic heterocycles. The Hall–Kier alpha value is -2.14. The molecule has 0 spiro atoms. The molecule has 0 heterocycles. The third-order valence-corrected chi connectivity index (χ3v) is 6.34. The standard InChI is InChI=1S/C17H17IN2O5S/c1-11(17(22)23)20(16-6-4-3-5-15(16)18)26(24,25)14-9-7-13(8-10-14)19-12(2)21/h3-11H,1-2H3,(H,19,21)(H,22,23). The largest absolute Gasteiger partial charge is 0.480 e. The zero-order valence-electron chi connectivity index (χ0n) is 14.0. The molecule has 0 radical (unpaired) electrons. The molecule has 2 aromatic carbocycles. The van der Waals surface area contributed by atoms with E-state index in [4.69, 9.17) is 0 Å². The highest BCUT2D eigenvalue weighted by Crippen LogP contribution is 2.30. The van der Waals surface area contributed by atoms with E-state index in [-0.39, 0.29) is 16.5 Å². The average molecular weight is 488 g/mol. The van der Waals surface area contributed by atoms with Gasteiger partial charge in [-0.2, -0.15) is 0 Å². The lowest BCUT2D eigenvalue weighted by Gasteiger charge is -2.29. The molecule has 2 N–H and O–H groups in total. The van der Waals surface area contributed by atoms with Gasteiger partial charge in [0.1, 0.15) is 6.04 Å². The topological polar surface area (TPSA) is 104 Å². The zero-order valence-corrected chi connectivity index (χ0v) is 17.0. The number of rotatable bonds is 6. The molecule has 0 saturated heterocycles. The highest BCUT2D eigenvalue weighted by molar-refractivity contribution is 14.1. The Bertz CT molecular complexity index is 928. The number of nitrogens with one attached hydrogen (secondary N) is 1. The number of aliphatic carboxylic acids is 1. The number of carbonyl (C=O) groups excluding carboxylic acids is 1. The molecular formula is C17H17IN2O5S. The van der Waals surface area contributed by atoms with Crippen LogP contribution in [0, 0.1) is 3.57 Å². The summed E-state index contributed by atoms with van der Waals surface area (Å²) >= 11 is 1.96. The second-order valence-electron chi connectivity index (χ2n) is 5.47. The number of benzene rings is 2. The van der Waals surface area contributed by atoms with Crippen LogP contribution in [0.25, 0.3) is 0 Å². The van der Waals surface area contributed by atoms with Crippen LogP contribution in [0.1, 0.15) is 13.8 Å². The van der Waals surface area contributed by atoms with Crippen molar-refractivity contribution in [2.45, 2.75) is 24.8 Å². The lowest BCUT2D eigenvalue weighted by molar-refractivity contribution is -0.137. The third-order valence-electron chi connectivity index (χ3n) is 3.53. The number of amides is 1. The molecule has 9 heteroatoms. The second-order valence-corrected chi connectivity index (χ2v) is 8.45. The predicted octanol–water partition coefficient (Wildman–Crippen LogP) is 2.92. The van der Waals surface area contributed by atoms with Crippen LogP contribution < -0.4 is 9.62 Å². The Kier molecular flexibility index (Phi) is 6.24. The van der Waals surface area contributed by atoms with Crippen molar-refractivity contribution in [3.8, 4) is 0 Å². The van der Waals surface area contributed by atoms with E-state index in [0.717, 1.165) is 4.31 Å². The first-order valence-corrected chi connectivity index (χ1v) is 10.1. The number of hydrogen-bond donors (Lipinski definition) is 2. The van der Waals surface area contributed by atoms with Crippen LogP contribution in [0.5, 0.6) is 0 Å². The molecule has 0 aliphatic carbocycles. The number of halogens is 1. The van der Waals surface area contributed by atoms with E-state index in [1.54, 1.807) is 24.3 Å². The van der Waals surface area contributed by atoms with Crippen molar-refractivity contribution in [2.24, 2.45) is 0 Å². The maximum absolute atomic E-state index is 13.1. The minimum absolute atomic E-state index is 0.0700. The van der Waals surface area contributed by atoms with E-state index in [1.807, 2.05) is 22.6 Å². The highest BCUT2D eigenvalue weighted by atomic mass is 127. The maximum Gasteiger partial charge on any atom is 0.327 e. The first kappa shape index (κ1) is 20.2. The Morgan fingerprint density at radius 1 is 1.12 bits per heavy atom. The number of carbonyl (C=O) groups is 2. The van der Waals surface area contributed by atoms with Crippen molar-refractivity contribution in [3.63, 3.8) is 0 Å². The lowest BCUT2D eigenvalue weighted by Crippen LogP contribution is -2.43. The molecule has 1 atom stereocenters. The summed E-state index contributed by atoms with van der Waals surface area (Å²) in [6, 6.07) is 10.9. The van der Waals surface area contributed by atoms with Crippen LogP contribution in [0.4, 0.5) is 11.4 Å². The Balaban J connectivity index is 2.54. The number of hydrogen-bond acceptors (Lipinski definition) is 4. The van der Waals surface area contributed by atoms with Crippen molar-refractivity contribution in [1.29, 1.82) is 0 Å². The van der Waals surface area contributed by atoms with Gasteiger partial charge in [-0.3, -0.25) is 9.10 Å². The number of para-hydroxylation sites is 1. The summed E-state index contributed by atoms with van der Waals surface area (Å²) in [5, 5.41) is 12.0. The minimum atomic E-state index is -4.13. The van der Waals surface area contributed by atoms with Gasteiger partial charge in [0.15, 0.2) is 0 Å². The van der Waals surface area contributed by atoms with E-state index in [0.29, 0.717) is 9.26 Å². The van der Waals surface area contributed by atoms with Crippen LogP contribution in [0.2, 0.25) is 0 Å². The quantitative estimate of drug-likeness (QED) is 0.609. The zero-order chi connectivity index (χ0) is 19.5. The van der Waals surface area contributed by atoms with Crippen molar-refractivity contribution in [3.05, 3.63) is 52.1 Å². The van der Waals surface area contributed by atoms with Crippen LogP contribution in [0.3, 0.4) is 0 Å². The summed E-state index contributed by atoms with van der Waals surface area (Å²) < 4.78 is 27.8. The van der Waals surface area contributed by atoms with Crippen LogP contribution in [0.15, 0.2) is 53.4 Å². The van der Waals surface area contributed by atoms with E-state index < -0.39 is 22.0 Å². The van der Waals surface area contributed by atoms with Crippen molar-refractivity contribution < 1.29 is 23.1 Å². The summed E-state index contributed by atoms with van der Waals surface area (Å²) in [6.07, 6.45) is 0. The first-order valence-electron chi connectivity index (χ1n) is 7.54. The smallest absolute Gasteiger partial charge is 0.327 e. The first-order chi connectivity index (χ1) is 12.1. The van der Waals surface area contributed by atoms with Crippen LogP contribution in [-0.2, 0) is 19.6 Å². The molecule has 7 nitrogen and oxygen atoms in total. The molecule has 1 unspecified atom stereocenters. The molecular weight excluding hydrogens is 471 g/mol. The maximum atomic E-state index is 13.1. The van der Waals surface area contributed by atoms with Crippen molar-refractivity contribution in [1.82, 2.24) is 0 Å². The summed E-state index contributed by atoms with van der Waals surface area (Å²) in [6.45, 7) is 2.66. The molecule has 0 aliphatic heterocycles. The normalized spacial score (nSPS) is 12.3. The predicted molar refractivity (Wildman–Crippen MR) is 107 cm³/mol. The number of nitrogens with zero attached hydrogens (tertiary/aromatic N) is 1. The minimum Gasteiger partial charge on any atom is -0.480 e. The number of anilines is 2. The second kappa shape index (κ2) is 8.04. The van der Waals surface area contributed by atoms with Gasteiger partial charge in [0.25, 0.3) is 10.0 Å². The fourth-order valence-electron chi connectivity index (χ4n) is 2.30. The Labute approximate surface area is 165 Å². The number of sulfonamides is 1. The molecule has 0 fully saturated rings. The van der Waals surface area contributed by atoms with Crippen molar-refractivity contribution >= 4 is 55.9 Å². The molecule has 2 aromatic rings. The SMILES string of the molecule is CC(=O)Nc1ccc(S(=O)(=O)N(c2ccccc2I)C(C)C(=O)O)cc1.